The van der Waals surface area contributed by atoms with E-state index in [1.54, 1.807) is 11.0 Å². The van der Waals surface area contributed by atoms with Crippen LogP contribution in [0.1, 0.15) is 79.2 Å². The van der Waals surface area contributed by atoms with Gasteiger partial charge in [-0.05, 0) is 62.9 Å². The van der Waals surface area contributed by atoms with Crippen LogP contribution in [0.2, 0.25) is 0 Å². The molecule has 1 amide bonds. The van der Waals surface area contributed by atoms with Crippen LogP contribution < -0.4 is 14.9 Å². The fourth-order valence-electron chi connectivity index (χ4n) is 5.29. The monoisotopic (exact) mass is 505 g/mol. The lowest BCUT2D eigenvalue weighted by atomic mass is 9.97. The van der Waals surface area contributed by atoms with Crippen molar-refractivity contribution in [2.24, 2.45) is 0 Å². The van der Waals surface area contributed by atoms with Crippen molar-refractivity contribution in [1.29, 1.82) is 0 Å². The molecule has 7 heteroatoms. The SMILES string of the molecule is CCCCCOc1ccc(C2c3c(oc4ccc(C)cc4c3=O)C(=O)N2CC2CCCO2)cc1OCC. The van der Waals surface area contributed by atoms with E-state index in [-0.39, 0.29) is 23.2 Å². The molecule has 0 radical (unpaired) electrons. The molecule has 2 aliphatic rings. The number of hydrogen-bond donors (Lipinski definition) is 0. The molecular formula is C30H35NO6. The summed E-state index contributed by atoms with van der Waals surface area (Å²) >= 11 is 0. The summed E-state index contributed by atoms with van der Waals surface area (Å²) in [5.74, 6) is 1.10. The fraction of sp³-hybridized carbons (Fsp3) is 0.467. The Kier molecular flexibility index (Phi) is 7.51. The molecule has 2 aliphatic heterocycles. The van der Waals surface area contributed by atoms with Gasteiger partial charge in [0.05, 0.1) is 36.3 Å². The first-order valence-corrected chi connectivity index (χ1v) is 13.4. The molecule has 7 nitrogen and oxygen atoms in total. The molecule has 2 unspecified atom stereocenters. The van der Waals surface area contributed by atoms with Gasteiger partial charge in [0.1, 0.15) is 5.58 Å². The molecule has 2 atom stereocenters. The Morgan fingerprint density at radius 1 is 1.03 bits per heavy atom. The quantitative estimate of drug-likeness (QED) is 0.325. The van der Waals surface area contributed by atoms with Crippen molar-refractivity contribution in [1.82, 2.24) is 4.90 Å². The molecule has 3 aromatic rings. The van der Waals surface area contributed by atoms with Gasteiger partial charge >= 0.3 is 0 Å². The summed E-state index contributed by atoms with van der Waals surface area (Å²) < 4.78 is 23.9. The van der Waals surface area contributed by atoms with Crippen LogP contribution in [0, 0.1) is 6.92 Å². The zero-order valence-corrected chi connectivity index (χ0v) is 21.9. The van der Waals surface area contributed by atoms with E-state index in [2.05, 4.69) is 6.92 Å². The van der Waals surface area contributed by atoms with Gasteiger partial charge in [-0.25, -0.2) is 0 Å². The first-order chi connectivity index (χ1) is 18.0. The Morgan fingerprint density at radius 2 is 1.89 bits per heavy atom. The van der Waals surface area contributed by atoms with Gasteiger partial charge in [0.15, 0.2) is 16.9 Å². The van der Waals surface area contributed by atoms with Crippen molar-refractivity contribution in [3.05, 3.63) is 69.1 Å². The van der Waals surface area contributed by atoms with Crippen LogP contribution in [-0.4, -0.2) is 43.3 Å². The van der Waals surface area contributed by atoms with Gasteiger partial charge in [0.2, 0.25) is 5.76 Å². The molecule has 0 aliphatic carbocycles. The number of amides is 1. The van der Waals surface area contributed by atoms with Crippen LogP contribution in [0.4, 0.5) is 0 Å². The van der Waals surface area contributed by atoms with Gasteiger partial charge in [0.25, 0.3) is 5.91 Å². The van der Waals surface area contributed by atoms with E-state index in [9.17, 15) is 9.59 Å². The predicted molar refractivity (Wildman–Crippen MR) is 142 cm³/mol. The lowest BCUT2D eigenvalue weighted by molar-refractivity contribution is 0.0486. The Hall–Kier alpha value is -3.32. The Balaban J connectivity index is 1.60. The number of nitrogens with zero attached hydrogens (tertiary/aromatic N) is 1. The van der Waals surface area contributed by atoms with E-state index >= 15 is 0 Å². The molecule has 0 bridgehead atoms. The van der Waals surface area contributed by atoms with E-state index in [0.29, 0.717) is 54.4 Å². The van der Waals surface area contributed by atoms with Crippen molar-refractivity contribution < 1.29 is 23.4 Å². The summed E-state index contributed by atoms with van der Waals surface area (Å²) in [5.41, 5.74) is 2.37. The number of aryl methyl sites for hydroxylation is 1. The minimum absolute atomic E-state index is 0.0694. The lowest BCUT2D eigenvalue weighted by Crippen LogP contribution is -2.36. The average Bonchev–Trinajstić information content (AvgIpc) is 3.50. The minimum Gasteiger partial charge on any atom is -0.490 e. The van der Waals surface area contributed by atoms with E-state index in [0.717, 1.165) is 43.2 Å². The molecule has 3 heterocycles. The maximum absolute atomic E-state index is 13.8. The normalized spacial score (nSPS) is 19.0. The van der Waals surface area contributed by atoms with Crippen LogP contribution >= 0.6 is 0 Å². The van der Waals surface area contributed by atoms with Crippen LogP contribution in [0.25, 0.3) is 11.0 Å². The van der Waals surface area contributed by atoms with Crippen molar-refractivity contribution in [3.63, 3.8) is 0 Å². The zero-order chi connectivity index (χ0) is 25.9. The van der Waals surface area contributed by atoms with Gasteiger partial charge in [-0.1, -0.05) is 37.5 Å². The van der Waals surface area contributed by atoms with E-state index < -0.39 is 6.04 Å². The number of unbranched alkanes of at least 4 members (excludes halogenated alkanes) is 2. The third-order valence-corrected chi connectivity index (χ3v) is 7.13. The number of fused-ring (bicyclic) bond motifs is 2. The van der Waals surface area contributed by atoms with Crippen molar-refractivity contribution in [2.45, 2.75) is 65.0 Å². The van der Waals surface area contributed by atoms with E-state index in [1.165, 1.54) is 0 Å². The third kappa shape index (κ3) is 4.97. The first kappa shape index (κ1) is 25.3. The number of carbonyl (C=O) groups is 1. The van der Waals surface area contributed by atoms with Crippen LogP contribution in [0.3, 0.4) is 0 Å². The number of hydrogen-bond acceptors (Lipinski definition) is 6. The van der Waals surface area contributed by atoms with Gasteiger partial charge in [-0.15, -0.1) is 0 Å². The standard InChI is InChI=1S/C30H35NO6/c1-4-6-7-14-36-24-13-11-20(17-25(24)34-5-2)27-26-28(32)22-16-19(3)10-12-23(22)37-29(26)30(33)31(27)18-21-9-8-15-35-21/h10-13,16-17,21,27H,4-9,14-15,18H2,1-3H3. The van der Waals surface area contributed by atoms with E-state index in [1.807, 2.05) is 44.2 Å². The molecular weight excluding hydrogens is 470 g/mol. The van der Waals surface area contributed by atoms with Gasteiger partial charge in [0, 0.05) is 13.2 Å². The molecule has 0 spiro atoms. The molecule has 37 heavy (non-hydrogen) atoms. The molecule has 0 N–H and O–H groups in total. The van der Waals surface area contributed by atoms with Crippen molar-refractivity contribution in [3.8, 4) is 11.5 Å². The lowest BCUT2D eigenvalue weighted by Gasteiger charge is -2.28. The highest BCUT2D eigenvalue weighted by Crippen LogP contribution is 2.41. The molecule has 1 saturated heterocycles. The molecule has 0 saturated carbocycles. The number of carbonyl (C=O) groups excluding carboxylic acids is 1. The smallest absolute Gasteiger partial charge is 0.291 e. The van der Waals surface area contributed by atoms with Crippen LogP contribution in [0.15, 0.2) is 45.6 Å². The number of ether oxygens (including phenoxy) is 3. The first-order valence-electron chi connectivity index (χ1n) is 13.4. The highest BCUT2D eigenvalue weighted by Gasteiger charge is 2.44. The van der Waals surface area contributed by atoms with E-state index in [4.69, 9.17) is 18.6 Å². The van der Waals surface area contributed by atoms with Gasteiger partial charge in [-0.3, -0.25) is 9.59 Å². The van der Waals surface area contributed by atoms with Crippen LogP contribution in [-0.2, 0) is 4.74 Å². The molecule has 5 rings (SSSR count). The largest absolute Gasteiger partial charge is 0.490 e. The number of rotatable bonds is 10. The summed E-state index contributed by atoms with van der Waals surface area (Å²) in [5, 5.41) is 0.483. The Labute approximate surface area is 217 Å². The summed E-state index contributed by atoms with van der Waals surface area (Å²) in [6.45, 7) is 8.18. The van der Waals surface area contributed by atoms with Gasteiger partial charge in [-0.2, -0.15) is 0 Å². The number of benzene rings is 2. The second kappa shape index (κ2) is 11.0. The van der Waals surface area contributed by atoms with Crippen LogP contribution in [0.5, 0.6) is 11.5 Å². The molecule has 1 aromatic heterocycles. The summed E-state index contributed by atoms with van der Waals surface area (Å²) in [4.78, 5) is 29.3. The summed E-state index contributed by atoms with van der Waals surface area (Å²) in [6, 6.07) is 10.6. The second-order valence-corrected chi connectivity index (χ2v) is 9.86. The topological polar surface area (TPSA) is 78.2 Å². The average molecular weight is 506 g/mol. The minimum atomic E-state index is -0.596. The van der Waals surface area contributed by atoms with Crippen molar-refractivity contribution >= 4 is 16.9 Å². The zero-order valence-electron chi connectivity index (χ0n) is 21.9. The Morgan fingerprint density at radius 3 is 2.65 bits per heavy atom. The highest BCUT2D eigenvalue weighted by atomic mass is 16.5. The second-order valence-electron chi connectivity index (χ2n) is 9.86. The molecule has 196 valence electrons. The Bertz CT molecular complexity index is 1340. The molecule has 1 fully saturated rings. The maximum atomic E-state index is 13.8. The fourth-order valence-corrected chi connectivity index (χ4v) is 5.29. The summed E-state index contributed by atoms with van der Waals surface area (Å²) in [6.07, 6.45) is 4.96. The third-order valence-electron chi connectivity index (χ3n) is 7.13. The van der Waals surface area contributed by atoms with Crippen molar-refractivity contribution in [2.75, 3.05) is 26.4 Å². The highest BCUT2D eigenvalue weighted by molar-refractivity contribution is 5.99. The maximum Gasteiger partial charge on any atom is 0.291 e. The van der Waals surface area contributed by atoms with Gasteiger partial charge < -0.3 is 23.5 Å². The predicted octanol–water partition coefficient (Wildman–Crippen LogP) is 5.79. The summed E-state index contributed by atoms with van der Waals surface area (Å²) in [7, 11) is 0. The molecule has 2 aromatic carbocycles.